The number of hydrogen-bond donors (Lipinski definition) is 2. The summed E-state index contributed by atoms with van der Waals surface area (Å²) in [5.74, 6) is -1.48. The molecule has 0 aliphatic heterocycles. The maximum atomic E-state index is 11.9. The van der Waals surface area contributed by atoms with Gasteiger partial charge in [0.1, 0.15) is 0 Å². The van der Waals surface area contributed by atoms with Crippen molar-refractivity contribution in [3.63, 3.8) is 0 Å². The predicted octanol–water partition coefficient (Wildman–Crippen LogP) is 5.03. The van der Waals surface area contributed by atoms with Gasteiger partial charge in [-0.05, 0) is 25.0 Å². The summed E-state index contributed by atoms with van der Waals surface area (Å²) in [4.78, 5) is 22.8. The fraction of sp³-hybridized carbons (Fsp3) is 0.789. The first-order valence-corrected chi connectivity index (χ1v) is 9.91. The number of rotatable bonds is 16. The van der Waals surface area contributed by atoms with Gasteiger partial charge in [0.25, 0.3) is 0 Å². The molecule has 0 aromatic heterocycles. The van der Waals surface area contributed by atoms with E-state index >= 15 is 0 Å². The Labute approximate surface area is 152 Å². The van der Waals surface area contributed by atoms with E-state index < -0.39 is 17.9 Å². The van der Waals surface area contributed by atoms with Crippen LogP contribution in [0.1, 0.15) is 77.6 Å². The van der Waals surface area contributed by atoms with Crippen LogP contribution in [-0.4, -0.2) is 29.4 Å². The van der Waals surface area contributed by atoms with Crippen molar-refractivity contribution in [2.45, 2.75) is 77.6 Å². The zero-order valence-electron chi connectivity index (χ0n) is 15.0. The molecule has 0 bridgehead atoms. The second-order valence-corrected chi connectivity index (χ2v) is 6.59. The summed E-state index contributed by atoms with van der Waals surface area (Å²) in [5.41, 5.74) is 0. The van der Waals surface area contributed by atoms with Gasteiger partial charge in [0, 0.05) is 0 Å². The number of esters is 1. The first kappa shape index (κ1) is 23.0. The first-order chi connectivity index (χ1) is 11.6. The average molecular weight is 359 g/mol. The van der Waals surface area contributed by atoms with E-state index in [0.717, 1.165) is 12.8 Å². The number of thiol groups is 1. The third-order valence-corrected chi connectivity index (χ3v) is 4.15. The molecule has 140 valence electrons. The Morgan fingerprint density at radius 3 is 2.25 bits per heavy atom. The zero-order valence-corrected chi connectivity index (χ0v) is 15.9. The number of carbonyl (C=O) groups is 2. The molecule has 0 spiro atoms. The molecule has 0 aliphatic rings. The quantitative estimate of drug-likeness (QED) is 0.176. The van der Waals surface area contributed by atoms with Gasteiger partial charge < -0.3 is 9.84 Å². The van der Waals surface area contributed by atoms with Gasteiger partial charge in [-0.25, -0.2) is 0 Å². The number of carbonyl (C=O) groups excluding carboxylic acids is 1. The van der Waals surface area contributed by atoms with Crippen molar-refractivity contribution in [1.82, 2.24) is 0 Å². The molecule has 0 aromatic carbocycles. The van der Waals surface area contributed by atoms with Crippen molar-refractivity contribution < 1.29 is 19.4 Å². The lowest BCUT2D eigenvalue weighted by molar-refractivity contribution is -0.151. The standard InChI is InChI=1S/C19H34O4S/c1-2-3-4-5-6-7-8-9-10-11-13-17(16-18(20)21)19(22)23-14-12-15-24/h11,13,17,24H,2-10,12,14-16H2,1H3,(H,20,21). The first-order valence-electron chi connectivity index (χ1n) is 9.27. The molecular weight excluding hydrogens is 324 g/mol. The van der Waals surface area contributed by atoms with Crippen LogP contribution in [0, 0.1) is 5.92 Å². The van der Waals surface area contributed by atoms with Crippen LogP contribution in [0.4, 0.5) is 0 Å². The molecule has 0 fully saturated rings. The topological polar surface area (TPSA) is 63.6 Å². The van der Waals surface area contributed by atoms with Crippen LogP contribution in [0.5, 0.6) is 0 Å². The van der Waals surface area contributed by atoms with Crippen LogP contribution in [0.15, 0.2) is 12.2 Å². The zero-order chi connectivity index (χ0) is 18.0. The number of carboxylic acid groups (broad SMARTS) is 1. The van der Waals surface area contributed by atoms with Crippen molar-refractivity contribution >= 4 is 24.6 Å². The Morgan fingerprint density at radius 2 is 1.67 bits per heavy atom. The van der Waals surface area contributed by atoms with E-state index in [1.165, 1.54) is 44.9 Å². The van der Waals surface area contributed by atoms with E-state index in [1.54, 1.807) is 6.08 Å². The van der Waals surface area contributed by atoms with Crippen LogP contribution in [0.2, 0.25) is 0 Å². The molecule has 0 aliphatic carbocycles. The molecule has 1 atom stereocenters. The van der Waals surface area contributed by atoms with Gasteiger partial charge in [0.15, 0.2) is 0 Å². The van der Waals surface area contributed by atoms with Crippen molar-refractivity contribution in [3.05, 3.63) is 12.2 Å². The van der Waals surface area contributed by atoms with E-state index in [4.69, 9.17) is 9.84 Å². The summed E-state index contributed by atoms with van der Waals surface area (Å²) >= 11 is 4.05. The largest absolute Gasteiger partial charge is 0.481 e. The molecule has 0 aromatic rings. The van der Waals surface area contributed by atoms with Crippen LogP contribution in [0.25, 0.3) is 0 Å². The summed E-state index contributed by atoms with van der Waals surface area (Å²) < 4.78 is 5.09. The molecular formula is C19H34O4S. The molecule has 0 saturated carbocycles. The van der Waals surface area contributed by atoms with Gasteiger partial charge in [-0.1, -0.05) is 64.0 Å². The molecule has 1 unspecified atom stereocenters. The van der Waals surface area contributed by atoms with Gasteiger partial charge in [0.2, 0.25) is 0 Å². The maximum Gasteiger partial charge on any atom is 0.313 e. The van der Waals surface area contributed by atoms with E-state index in [2.05, 4.69) is 19.6 Å². The fourth-order valence-corrected chi connectivity index (χ4v) is 2.55. The minimum absolute atomic E-state index is 0.215. The van der Waals surface area contributed by atoms with E-state index in [-0.39, 0.29) is 6.42 Å². The molecule has 1 N–H and O–H groups in total. The molecule has 0 saturated heterocycles. The summed E-state index contributed by atoms with van der Waals surface area (Å²) in [6, 6.07) is 0. The Balaban J connectivity index is 3.91. The molecule has 0 radical (unpaired) electrons. The second-order valence-electron chi connectivity index (χ2n) is 6.14. The van der Waals surface area contributed by atoms with Crippen LogP contribution in [-0.2, 0) is 14.3 Å². The molecule has 0 amide bonds. The monoisotopic (exact) mass is 358 g/mol. The third-order valence-electron chi connectivity index (χ3n) is 3.84. The molecule has 0 rings (SSSR count). The summed E-state index contributed by atoms with van der Waals surface area (Å²) in [6.45, 7) is 2.52. The summed E-state index contributed by atoms with van der Waals surface area (Å²) in [6.07, 6.45) is 15.0. The molecule has 24 heavy (non-hydrogen) atoms. The number of ether oxygens (including phenoxy) is 1. The van der Waals surface area contributed by atoms with E-state index in [0.29, 0.717) is 18.8 Å². The lowest BCUT2D eigenvalue weighted by Crippen LogP contribution is -2.19. The smallest absolute Gasteiger partial charge is 0.313 e. The molecule has 0 heterocycles. The Morgan fingerprint density at radius 1 is 1.04 bits per heavy atom. The maximum absolute atomic E-state index is 11.9. The molecule has 5 heteroatoms. The van der Waals surface area contributed by atoms with Gasteiger partial charge in [-0.2, -0.15) is 12.6 Å². The Kier molecular flexibility index (Phi) is 16.2. The van der Waals surface area contributed by atoms with Gasteiger partial charge in [0.05, 0.1) is 18.9 Å². The van der Waals surface area contributed by atoms with Gasteiger partial charge >= 0.3 is 11.9 Å². The Hall–Kier alpha value is -0.970. The number of aliphatic carboxylic acids is 1. The van der Waals surface area contributed by atoms with Crippen molar-refractivity contribution in [2.24, 2.45) is 5.92 Å². The normalized spacial score (nSPS) is 12.4. The van der Waals surface area contributed by atoms with Crippen molar-refractivity contribution in [1.29, 1.82) is 0 Å². The SMILES string of the molecule is CCCCCCCCCCC=CC(CC(=O)O)C(=O)OCCCS. The van der Waals surface area contributed by atoms with Crippen molar-refractivity contribution in [3.8, 4) is 0 Å². The predicted molar refractivity (Wildman–Crippen MR) is 102 cm³/mol. The number of carboxylic acids is 1. The third kappa shape index (κ3) is 14.6. The second kappa shape index (κ2) is 16.9. The minimum atomic E-state index is -0.983. The van der Waals surface area contributed by atoms with Crippen LogP contribution >= 0.6 is 12.6 Å². The highest BCUT2D eigenvalue weighted by Crippen LogP contribution is 2.12. The van der Waals surface area contributed by atoms with Crippen molar-refractivity contribution in [2.75, 3.05) is 12.4 Å². The van der Waals surface area contributed by atoms with E-state index in [9.17, 15) is 9.59 Å². The molecule has 4 nitrogen and oxygen atoms in total. The van der Waals surface area contributed by atoms with Crippen LogP contribution < -0.4 is 0 Å². The highest BCUT2D eigenvalue weighted by atomic mass is 32.1. The summed E-state index contributed by atoms with van der Waals surface area (Å²) in [5, 5.41) is 8.91. The minimum Gasteiger partial charge on any atom is -0.481 e. The lowest BCUT2D eigenvalue weighted by Gasteiger charge is -2.10. The highest BCUT2D eigenvalue weighted by Gasteiger charge is 2.20. The number of unbranched alkanes of at least 4 members (excludes halogenated alkanes) is 8. The van der Waals surface area contributed by atoms with Gasteiger partial charge in [-0.3, -0.25) is 9.59 Å². The Bertz CT molecular complexity index is 355. The number of allylic oxidation sites excluding steroid dienone is 1. The highest BCUT2D eigenvalue weighted by molar-refractivity contribution is 7.80. The fourth-order valence-electron chi connectivity index (χ4n) is 2.42. The summed E-state index contributed by atoms with van der Waals surface area (Å²) in [7, 11) is 0. The van der Waals surface area contributed by atoms with E-state index in [1.807, 2.05) is 6.08 Å². The average Bonchev–Trinajstić information content (AvgIpc) is 2.55. The number of hydrogen-bond acceptors (Lipinski definition) is 4. The van der Waals surface area contributed by atoms with Gasteiger partial charge in [-0.15, -0.1) is 0 Å². The van der Waals surface area contributed by atoms with Crippen LogP contribution in [0.3, 0.4) is 0 Å². The lowest BCUT2D eigenvalue weighted by atomic mass is 10.0.